The van der Waals surface area contributed by atoms with Gasteiger partial charge >= 0.3 is 0 Å². The Morgan fingerprint density at radius 2 is 1.64 bits per heavy atom. The molecule has 0 aromatic heterocycles. The number of nitro benzene ring substituents is 2. The maximum absolute atomic E-state index is 11.3. The van der Waals surface area contributed by atoms with Gasteiger partial charge in [0.05, 0.1) is 9.85 Å². The van der Waals surface area contributed by atoms with Crippen molar-refractivity contribution in [2.24, 2.45) is 0 Å². The van der Waals surface area contributed by atoms with Crippen LogP contribution in [0.5, 0.6) is 0 Å². The maximum atomic E-state index is 11.3. The zero-order valence-corrected chi connectivity index (χ0v) is 13.5. The van der Waals surface area contributed by atoms with E-state index in [0.717, 1.165) is 12.0 Å². The van der Waals surface area contributed by atoms with Crippen LogP contribution in [-0.4, -0.2) is 29.0 Å². The summed E-state index contributed by atoms with van der Waals surface area (Å²) < 4.78 is 0. The van der Waals surface area contributed by atoms with Crippen LogP contribution in [0.4, 0.5) is 17.1 Å². The molecule has 1 saturated heterocycles. The van der Waals surface area contributed by atoms with Crippen molar-refractivity contribution in [2.75, 3.05) is 18.0 Å². The molecule has 0 unspecified atom stereocenters. The first-order chi connectivity index (χ1) is 12.1. The van der Waals surface area contributed by atoms with Crippen LogP contribution in [-0.2, 0) is 6.54 Å². The Bertz CT molecular complexity index is 749. The van der Waals surface area contributed by atoms with E-state index in [0.29, 0.717) is 19.6 Å². The van der Waals surface area contributed by atoms with Gasteiger partial charge in [-0.2, -0.15) is 0 Å². The van der Waals surface area contributed by atoms with Crippen molar-refractivity contribution in [3.63, 3.8) is 0 Å². The molecule has 0 bridgehead atoms. The van der Waals surface area contributed by atoms with Crippen LogP contribution in [0.2, 0.25) is 0 Å². The zero-order valence-electron chi connectivity index (χ0n) is 13.5. The molecule has 0 saturated carbocycles. The smallest absolute Gasteiger partial charge is 0.299 e. The standard InChI is InChI=1S/C17H18N4O4/c22-20(23)15-7-4-8-16(21(24)25)17(15)19-10-9-14(12-19)18-11-13-5-2-1-3-6-13/h1-8,14,18H,9-12H2/t14-/m1/s1. The lowest BCUT2D eigenvalue weighted by Gasteiger charge is -2.19. The Morgan fingerprint density at radius 3 is 2.24 bits per heavy atom. The number of hydrogen-bond donors (Lipinski definition) is 1. The molecular formula is C17H18N4O4. The largest absolute Gasteiger partial charge is 0.359 e. The molecule has 1 heterocycles. The van der Waals surface area contributed by atoms with E-state index in [1.807, 2.05) is 30.3 Å². The molecule has 0 spiro atoms. The van der Waals surface area contributed by atoms with Crippen molar-refractivity contribution in [3.05, 3.63) is 74.3 Å². The quantitative estimate of drug-likeness (QED) is 0.640. The van der Waals surface area contributed by atoms with Crippen molar-refractivity contribution in [2.45, 2.75) is 19.0 Å². The molecule has 1 atom stereocenters. The third-order valence-corrected chi connectivity index (χ3v) is 4.33. The second-order valence-electron chi connectivity index (χ2n) is 5.96. The van der Waals surface area contributed by atoms with E-state index in [1.165, 1.54) is 18.2 Å². The van der Waals surface area contributed by atoms with Crippen LogP contribution < -0.4 is 10.2 Å². The van der Waals surface area contributed by atoms with Crippen molar-refractivity contribution < 1.29 is 9.85 Å². The van der Waals surface area contributed by atoms with Crippen LogP contribution in [0.1, 0.15) is 12.0 Å². The summed E-state index contributed by atoms with van der Waals surface area (Å²) in [5.41, 5.74) is 0.801. The minimum Gasteiger partial charge on any atom is -0.359 e. The van der Waals surface area contributed by atoms with Crippen LogP contribution in [0, 0.1) is 20.2 Å². The van der Waals surface area contributed by atoms with E-state index in [2.05, 4.69) is 5.32 Å². The van der Waals surface area contributed by atoms with Gasteiger partial charge < -0.3 is 10.2 Å². The average molecular weight is 342 g/mol. The second kappa shape index (κ2) is 7.27. The van der Waals surface area contributed by atoms with Gasteiger partial charge in [0.1, 0.15) is 0 Å². The Kier molecular flexibility index (Phi) is 4.90. The minimum atomic E-state index is -0.562. The molecule has 130 valence electrons. The predicted octanol–water partition coefficient (Wildman–Crippen LogP) is 2.87. The van der Waals surface area contributed by atoms with Gasteiger partial charge in [-0.05, 0) is 18.1 Å². The normalized spacial score (nSPS) is 16.8. The fraction of sp³-hybridized carbons (Fsp3) is 0.294. The lowest BCUT2D eigenvalue weighted by atomic mass is 10.2. The van der Waals surface area contributed by atoms with E-state index in [1.54, 1.807) is 4.90 Å². The molecule has 8 nitrogen and oxygen atoms in total. The minimum absolute atomic E-state index is 0.0986. The van der Waals surface area contributed by atoms with Crippen molar-refractivity contribution >= 4 is 17.1 Å². The highest BCUT2D eigenvalue weighted by Crippen LogP contribution is 2.38. The van der Waals surface area contributed by atoms with Gasteiger partial charge in [0.2, 0.25) is 0 Å². The van der Waals surface area contributed by atoms with Gasteiger partial charge in [-0.15, -0.1) is 0 Å². The Labute approximate surface area is 144 Å². The summed E-state index contributed by atoms with van der Waals surface area (Å²) in [6.07, 6.45) is 0.774. The predicted molar refractivity (Wildman–Crippen MR) is 93.7 cm³/mol. The molecule has 3 rings (SSSR count). The van der Waals surface area contributed by atoms with E-state index in [9.17, 15) is 20.2 Å². The van der Waals surface area contributed by atoms with Crippen molar-refractivity contribution in [1.29, 1.82) is 0 Å². The molecule has 8 heteroatoms. The summed E-state index contributed by atoms with van der Waals surface area (Å²) in [5.74, 6) is 0. The molecule has 1 fully saturated rings. The van der Waals surface area contributed by atoms with Gasteiger partial charge in [-0.25, -0.2) is 0 Å². The van der Waals surface area contributed by atoms with Crippen molar-refractivity contribution in [1.82, 2.24) is 5.32 Å². The van der Waals surface area contributed by atoms with Gasteiger partial charge in [0, 0.05) is 37.8 Å². The fourth-order valence-electron chi connectivity index (χ4n) is 3.13. The lowest BCUT2D eigenvalue weighted by Crippen LogP contribution is -2.32. The van der Waals surface area contributed by atoms with Gasteiger partial charge in [-0.1, -0.05) is 30.3 Å². The van der Waals surface area contributed by atoms with Gasteiger partial charge in [-0.3, -0.25) is 20.2 Å². The third kappa shape index (κ3) is 3.74. The summed E-state index contributed by atoms with van der Waals surface area (Å²) in [6.45, 7) is 1.73. The summed E-state index contributed by atoms with van der Waals surface area (Å²) in [5, 5.41) is 26.0. The molecule has 0 aliphatic carbocycles. The van der Waals surface area contributed by atoms with Gasteiger partial charge in [0.15, 0.2) is 5.69 Å². The number of nitrogens with one attached hydrogen (secondary N) is 1. The van der Waals surface area contributed by atoms with E-state index < -0.39 is 9.85 Å². The number of nitrogens with zero attached hydrogens (tertiary/aromatic N) is 3. The summed E-state index contributed by atoms with van der Waals surface area (Å²) in [7, 11) is 0. The molecule has 1 N–H and O–H groups in total. The first kappa shape index (κ1) is 16.8. The first-order valence-corrected chi connectivity index (χ1v) is 8.00. The highest BCUT2D eigenvalue weighted by molar-refractivity contribution is 5.75. The number of nitro groups is 2. The van der Waals surface area contributed by atoms with Crippen LogP contribution in [0.3, 0.4) is 0 Å². The SMILES string of the molecule is O=[N+]([O-])c1cccc([N+](=O)[O-])c1N1CC[C@@H](NCc2ccccc2)C1. The van der Waals surface area contributed by atoms with Crippen LogP contribution in [0.15, 0.2) is 48.5 Å². The third-order valence-electron chi connectivity index (χ3n) is 4.33. The Balaban J connectivity index is 1.75. The highest BCUT2D eigenvalue weighted by Gasteiger charge is 2.33. The number of anilines is 1. The van der Waals surface area contributed by atoms with E-state index >= 15 is 0 Å². The van der Waals surface area contributed by atoms with Crippen LogP contribution >= 0.6 is 0 Å². The lowest BCUT2D eigenvalue weighted by molar-refractivity contribution is -0.392. The number of benzene rings is 2. The molecule has 2 aromatic carbocycles. The maximum Gasteiger partial charge on any atom is 0.299 e. The topological polar surface area (TPSA) is 102 Å². The van der Waals surface area contributed by atoms with E-state index in [-0.39, 0.29) is 23.1 Å². The summed E-state index contributed by atoms with van der Waals surface area (Å²) in [6, 6.07) is 14.0. The molecule has 1 aliphatic heterocycles. The monoisotopic (exact) mass is 342 g/mol. The number of rotatable bonds is 6. The molecular weight excluding hydrogens is 324 g/mol. The highest BCUT2D eigenvalue weighted by atomic mass is 16.6. The average Bonchev–Trinajstić information content (AvgIpc) is 3.08. The second-order valence-corrected chi connectivity index (χ2v) is 5.96. The number of para-hydroxylation sites is 1. The van der Waals surface area contributed by atoms with Crippen LogP contribution in [0.25, 0.3) is 0 Å². The molecule has 0 radical (unpaired) electrons. The number of hydrogen-bond acceptors (Lipinski definition) is 6. The Morgan fingerprint density at radius 1 is 1.00 bits per heavy atom. The molecule has 0 amide bonds. The molecule has 25 heavy (non-hydrogen) atoms. The zero-order chi connectivity index (χ0) is 17.8. The fourth-order valence-corrected chi connectivity index (χ4v) is 3.13. The summed E-state index contributed by atoms with van der Waals surface area (Å²) >= 11 is 0. The van der Waals surface area contributed by atoms with E-state index in [4.69, 9.17) is 0 Å². The van der Waals surface area contributed by atoms with Crippen molar-refractivity contribution in [3.8, 4) is 0 Å². The van der Waals surface area contributed by atoms with Gasteiger partial charge in [0.25, 0.3) is 11.4 Å². The molecule has 1 aliphatic rings. The first-order valence-electron chi connectivity index (χ1n) is 8.00. The molecule has 2 aromatic rings. The Hall–Kier alpha value is -3.00. The summed E-state index contributed by atoms with van der Waals surface area (Å²) in [4.78, 5) is 23.2.